The largest absolute Gasteiger partial charge is 0.393 e. The van der Waals surface area contributed by atoms with Crippen molar-refractivity contribution < 1.29 is 0 Å². The lowest BCUT2D eigenvalue weighted by atomic mass is 10.2. The minimum atomic E-state index is 0.256. The molecule has 6 heteroatoms. The van der Waals surface area contributed by atoms with Crippen LogP contribution in [0.25, 0.3) is 0 Å². The summed E-state index contributed by atoms with van der Waals surface area (Å²) in [7, 11) is 1.87. The highest BCUT2D eigenvalue weighted by molar-refractivity contribution is 6.32. The van der Waals surface area contributed by atoms with E-state index in [1.807, 2.05) is 36.2 Å². The van der Waals surface area contributed by atoms with Gasteiger partial charge in [-0.25, -0.2) is 9.97 Å². The van der Waals surface area contributed by atoms with Crippen molar-refractivity contribution in [1.29, 1.82) is 0 Å². The summed E-state index contributed by atoms with van der Waals surface area (Å²) in [6.45, 7) is 0.594. The quantitative estimate of drug-likeness (QED) is 0.880. The lowest BCUT2D eigenvalue weighted by Gasteiger charge is -2.20. The molecule has 0 unspecified atom stereocenters. The summed E-state index contributed by atoms with van der Waals surface area (Å²) in [4.78, 5) is 9.83. The molecule has 0 saturated carbocycles. The number of nitrogens with zero attached hydrogens (tertiary/aromatic N) is 3. The van der Waals surface area contributed by atoms with Gasteiger partial charge in [0.05, 0.1) is 0 Å². The van der Waals surface area contributed by atoms with E-state index in [-0.39, 0.29) is 5.15 Å². The van der Waals surface area contributed by atoms with Crippen molar-refractivity contribution >= 4 is 34.7 Å². The zero-order chi connectivity index (χ0) is 13.1. The van der Waals surface area contributed by atoms with Gasteiger partial charge < -0.3 is 10.6 Å². The first-order chi connectivity index (χ1) is 8.59. The molecule has 18 heavy (non-hydrogen) atoms. The second-order valence-corrected chi connectivity index (χ2v) is 4.61. The topological polar surface area (TPSA) is 55.0 Å². The lowest BCUT2D eigenvalue weighted by Crippen LogP contribution is -2.19. The molecule has 0 aliphatic heterocycles. The van der Waals surface area contributed by atoms with E-state index in [0.29, 0.717) is 23.1 Å². The second kappa shape index (κ2) is 5.42. The molecular formula is C12H12Cl2N4. The van der Waals surface area contributed by atoms with Crippen molar-refractivity contribution in [2.75, 3.05) is 17.7 Å². The molecule has 0 bridgehead atoms. The van der Waals surface area contributed by atoms with E-state index in [1.165, 1.54) is 6.33 Å². The molecule has 1 aromatic carbocycles. The van der Waals surface area contributed by atoms with E-state index in [2.05, 4.69) is 9.97 Å². The van der Waals surface area contributed by atoms with Gasteiger partial charge in [-0.15, -0.1) is 0 Å². The molecule has 4 nitrogen and oxygen atoms in total. The van der Waals surface area contributed by atoms with Crippen molar-refractivity contribution in [3.8, 4) is 0 Å². The fourth-order valence-corrected chi connectivity index (χ4v) is 1.95. The van der Waals surface area contributed by atoms with E-state index in [0.717, 1.165) is 5.56 Å². The van der Waals surface area contributed by atoms with Crippen molar-refractivity contribution in [2.45, 2.75) is 6.54 Å². The third kappa shape index (κ3) is 2.66. The van der Waals surface area contributed by atoms with Crippen LogP contribution in [-0.2, 0) is 6.54 Å². The van der Waals surface area contributed by atoms with E-state index >= 15 is 0 Å². The molecule has 2 N–H and O–H groups in total. The van der Waals surface area contributed by atoms with Crippen molar-refractivity contribution in [2.24, 2.45) is 0 Å². The maximum absolute atomic E-state index is 6.11. The fraction of sp³-hybridized carbons (Fsp3) is 0.167. The van der Waals surface area contributed by atoms with Crippen LogP contribution in [0, 0.1) is 0 Å². The molecule has 0 fully saturated rings. The molecule has 0 spiro atoms. The highest BCUT2D eigenvalue weighted by Gasteiger charge is 2.12. The van der Waals surface area contributed by atoms with Crippen LogP contribution in [0.1, 0.15) is 5.56 Å². The molecule has 0 aliphatic carbocycles. The van der Waals surface area contributed by atoms with Gasteiger partial charge in [0.25, 0.3) is 0 Å². The van der Waals surface area contributed by atoms with Crippen LogP contribution in [0.15, 0.2) is 30.6 Å². The van der Waals surface area contributed by atoms with Gasteiger partial charge in [0, 0.05) is 18.6 Å². The van der Waals surface area contributed by atoms with Crippen molar-refractivity contribution in [3.05, 3.63) is 46.3 Å². The van der Waals surface area contributed by atoms with E-state index in [4.69, 9.17) is 28.9 Å². The van der Waals surface area contributed by atoms with Crippen LogP contribution in [0.4, 0.5) is 11.5 Å². The Morgan fingerprint density at radius 1 is 1.22 bits per heavy atom. The van der Waals surface area contributed by atoms with Crippen LogP contribution < -0.4 is 10.6 Å². The normalized spacial score (nSPS) is 10.4. The Morgan fingerprint density at radius 2 is 1.94 bits per heavy atom. The van der Waals surface area contributed by atoms with Crippen LogP contribution in [0.5, 0.6) is 0 Å². The van der Waals surface area contributed by atoms with E-state index < -0.39 is 0 Å². The Labute approximate surface area is 115 Å². The SMILES string of the molecule is CN(Cc1ccccc1Cl)c1ncnc(Cl)c1N. The summed E-state index contributed by atoms with van der Waals surface area (Å²) in [5, 5.41) is 0.967. The Morgan fingerprint density at radius 3 is 2.67 bits per heavy atom. The van der Waals surface area contributed by atoms with Crippen molar-refractivity contribution in [1.82, 2.24) is 9.97 Å². The number of nitrogens with two attached hydrogens (primary N) is 1. The minimum absolute atomic E-state index is 0.256. The maximum Gasteiger partial charge on any atom is 0.157 e. The molecule has 0 amide bonds. The van der Waals surface area contributed by atoms with E-state index in [1.54, 1.807) is 0 Å². The first kappa shape index (κ1) is 12.9. The monoisotopic (exact) mass is 282 g/mol. The number of halogens is 2. The standard InChI is InChI=1S/C12H12Cl2N4/c1-18(6-8-4-2-3-5-9(8)13)12-10(15)11(14)16-7-17-12/h2-5,7H,6,15H2,1H3. The summed E-state index contributed by atoms with van der Waals surface area (Å²) in [5.74, 6) is 0.593. The van der Waals surface area contributed by atoms with Crippen LogP contribution in [0.3, 0.4) is 0 Å². The first-order valence-corrected chi connectivity index (χ1v) is 6.05. The Hall–Kier alpha value is -1.52. The lowest BCUT2D eigenvalue weighted by molar-refractivity contribution is 0.894. The van der Waals surface area contributed by atoms with E-state index in [9.17, 15) is 0 Å². The first-order valence-electron chi connectivity index (χ1n) is 5.30. The summed E-state index contributed by atoms with van der Waals surface area (Å²) < 4.78 is 0. The van der Waals surface area contributed by atoms with Gasteiger partial charge in [-0.2, -0.15) is 0 Å². The molecule has 0 radical (unpaired) electrons. The number of hydrogen-bond acceptors (Lipinski definition) is 4. The maximum atomic E-state index is 6.11. The Kier molecular flexibility index (Phi) is 3.89. The zero-order valence-electron chi connectivity index (χ0n) is 9.77. The average molecular weight is 283 g/mol. The Bertz CT molecular complexity index is 560. The minimum Gasteiger partial charge on any atom is -0.393 e. The molecule has 0 saturated heterocycles. The molecule has 1 aromatic heterocycles. The smallest absolute Gasteiger partial charge is 0.157 e. The van der Waals surface area contributed by atoms with Crippen LogP contribution in [-0.4, -0.2) is 17.0 Å². The van der Waals surface area contributed by atoms with Crippen LogP contribution >= 0.6 is 23.2 Å². The van der Waals surface area contributed by atoms with Gasteiger partial charge in [0.15, 0.2) is 11.0 Å². The third-order valence-electron chi connectivity index (χ3n) is 2.54. The van der Waals surface area contributed by atoms with Crippen molar-refractivity contribution in [3.63, 3.8) is 0 Å². The number of aromatic nitrogens is 2. The van der Waals surface area contributed by atoms with Gasteiger partial charge in [-0.05, 0) is 11.6 Å². The highest BCUT2D eigenvalue weighted by Crippen LogP contribution is 2.27. The van der Waals surface area contributed by atoms with Gasteiger partial charge >= 0.3 is 0 Å². The molecule has 1 heterocycles. The molecule has 94 valence electrons. The number of rotatable bonds is 3. The summed E-state index contributed by atoms with van der Waals surface area (Å²) in [6.07, 6.45) is 1.39. The number of anilines is 2. The predicted molar refractivity (Wildman–Crippen MR) is 75.0 cm³/mol. The number of benzene rings is 1. The van der Waals surface area contributed by atoms with Gasteiger partial charge in [0.1, 0.15) is 12.0 Å². The molecular weight excluding hydrogens is 271 g/mol. The number of hydrogen-bond donors (Lipinski definition) is 1. The predicted octanol–water partition coefficient (Wildman–Crippen LogP) is 3.00. The molecule has 2 aromatic rings. The summed E-state index contributed by atoms with van der Waals surface area (Å²) >= 11 is 12.0. The third-order valence-corrected chi connectivity index (χ3v) is 3.21. The molecule has 2 rings (SSSR count). The molecule has 0 atom stereocenters. The second-order valence-electron chi connectivity index (χ2n) is 3.85. The van der Waals surface area contributed by atoms with Crippen LogP contribution in [0.2, 0.25) is 10.2 Å². The summed E-state index contributed by atoms with van der Waals surface area (Å²) in [5.41, 5.74) is 7.21. The highest BCUT2D eigenvalue weighted by atomic mass is 35.5. The zero-order valence-corrected chi connectivity index (χ0v) is 11.3. The van der Waals surface area contributed by atoms with Gasteiger partial charge in [-0.1, -0.05) is 41.4 Å². The summed E-state index contributed by atoms with van der Waals surface area (Å²) in [6, 6.07) is 7.63. The average Bonchev–Trinajstić information content (AvgIpc) is 2.35. The molecule has 0 aliphatic rings. The number of nitrogen functional groups attached to an aromatic ring is 1. The fourth-order valence-electron chi connectivity index (χ4n) is 1.63. The van der Waals surface area contributed by atoms with Gasteiger partial charge in [0.2, 0.25) is 0 Å². The van der Waals surface area contributed by atoms with Gasteiger partial charge in [-0.3, -0.25) is 0 Å². The Balaban J connectivity index is 2.25.